The topological polar surface area (TPSA) is 75.3 Å². The van der Waals surface area contributed by atoms with Gasteiger partial charge in [-0.05, 0) is 63.6 Å². The summed E-state index contributed by atoms with van der Waals surface area (Å²) in [5.74, 6) is -0.0106. The molecule has 0 aliphatic heterocycles. The number of benzene rings is 1. The van der Waals surface area contributed by atoms with Gasteiger partial charge in [0.2, 0.25) is 15.9 Å². The third-order valence-electron chi connectivity index (χ3n) is 4.81. The van der Waals surface area contributed by atoms with Crippen LogP contribution in [0.15, 0.2) is 24.3 Å². The third kappa shape index (κ3) is 5.82. The fourth-order valence-corrected chi connectivity index (χ4v) is 4.10. The average molecular weight is 367 g/mol. The second-order valence-electron chi connectivity index (χ2n) is 7.20. The van der Waals surface area contributed by atoms with Crippen LogP contribution in [0.5, 0.6) is 0 Å². The molecule has 0 spiro atoms. The molecule has 0 heterocycles. The van der Waals surface area contributed by atoms with Gasteiger partial charge in [0.05, 0.1) is 5.25 Å². The summed E-state index contributed by atoms with van der Waals surface area (Å²) in [5.41, 5.74) is 2.10. The first-order chi connectivity index (χ1) is 11.8. The van der Waals surface area contributed by atoms with Crippen molar-refractivity contribution >= 4 is 21.6 Å². The molecule has 0 bridgehead atoms. The predicted octanol–water partition coefficient (Wildman–Crippen LogP) is 3.46. The van der Waals surface area contributed by atoms with E-state index < -0.39 is 15.3 Å². The van der Waals surface area contributed by atoms with Gasteiger partial charge in [0.15, 0.2) is 0 Å². The van der Waals surface area contributed by atoms with Crippen LogP contribution in [-0.4, -0.2) is 25.6 Å². The molecule has 0 aromatic heterocycles. The quantitative estimate of drug-likeness (QED) is 0.776. The minimum absolute atomic E-state index is 0.0356. The lowest BCUT2D eigenvalue weighted by Gasteiger charge is -2.28. The molecule has 1 fully saturated rings. The summed E-state index contributed by atoms with van der Waals surface area (Å²) >= 11 is 0. The van der Waals surface area contributed by atoms with E-state index in [9.17, 15) is 13.2 Å². The highest BCUT2D eigenvalue weighted by atomic mass is 32.2. The van der Waals surface area contributed by atoms with Crippen molar-refractivity contribution in [2.24, 2.45) is 5.92 Å². The van der Waals surface area contributed by atoms with Gasteiger partial charge in [-0.1, -0.05) is 25.5 Å². The summed E-state index contributed by atoms with van der Waals surface area (Å²) in [4.78, 5) is 12.4. The number of hydrogen-bond donors (Lipinski definition) is 2. The second kappa shape index (κ2) is 8.81. The van der Waals surface area contributed by atoms with Gasteiger partial charge in [-0.25, -0.2) is 13.1 Å². The van der Waals surface area contributed by atoms with Gasteiger partial charge in [-0.15, -0.1) is 0 Å². The zero-order valence-corrected chi connectivity index (χ0v) is 16.2. The Balaban J connectivity index is 1.83. The molecule has 1 aromatic carbocycles. The van der Waals surface area contributed by atoms with Gasteiger partial charge >= 0.3 is 0 Å². The molecule has 2 N–H and O–H groups in total. The number of carbonyl (C=O) groups excluding carboxylic acids is 1. The summed E-state index contributed by atoms with van der Waals surface area (Å²) < 4.78 is 26.6. The molecule has 1 aliphatic carbocycles. The Bertz CT molecular complexity index is 660. The Hall–Kier alpha value is -1.40. The molecular formula is C19H30N2O3S. The Morgan fingerprint density at radius 2 is 1.72 bits per heavy atom. The van der Waals surface area contributed by atoms with E-state index in [0.717, 1.165) is 18.5 Å². The molecule has 140 valence electrons. The first-order valence-corrected chi connectivity index (χ1v) is 10.8. The molecule has 0 radical (unpaired) electrons. The van der Waals surface area contributed by atoms with Crippen LogP contribution in [0, 0.1) is 5.92 Å². The van der Waals surface area contributed by atoms with Crippen LogP contribution in [0.4, 0.5) is 5.69 Å². The zero-order chi connectivity index (χ0) is 18.4. The molecule has 2 rings (SSSR count). The highest BCUT2D eigenvalue weighted by molar-refractivity contribution is 7.90. The fraction of sp³-hybridized carbons (Fsp3) is 0.632. The summed E-state index contributed by atoms with van der Waals surface area (Å²) in [5, 5.41) is 2.56. The van der Waals surface area contributed by atoms with Crippen molar-refractivity contribution < 1.29 is 13.2 Å². The molecule has 1 amide bonds. The lowest BCUT2D eigenvalue weighted by molar-refractivity contribution is -0.120. The standard InChI is InChI=1S/C19H30N2O3S/c1-4-5-15-6-10-17(11-7-15)20-19(22)16-8-12-18(13-9-16)21-25(23,24)14(2)3/h6-7,10-11,14,16,18,21H,4-5,8-9,12-13H2,1-3H3,(H,20,22). The summed E-state index contributed by atoms with van der Waals surface area (Å²) in [6.07, 6.45) is 5.00. The molecule has 5 nitrogen and oxygen atoms in total. The number of carbonyl (C=O) groups is 1. The first-order valence-electron chi connectivity index (χ1n) is 9.22. The molecule has 0 atom stereocenters. The Morgan fingerprint density at radius 3 is 2.24 bits per heavy atom. The normalized spacial score (nSPS) is 21.3. The van der Waals surface area contributed by atoms with Crippen molar-refractivity contribution in [1.82, 2.24) is 4.72 Å². The van der Waals surface area contributed by atoms with E-state index in [4.69, 9.17) is 0 Å². The Labute approximate surface area is 151 Å². The van der Waals surface area contributed by atoms with E-state index in [2.05, 4.69) is 29.1 Å². The largest absolute Gasteiger partial charge is 0.326 e. The monoisotopic (exact) mass is 366 g/mol. The number of rotatable bonds is 7. The highest BCUT2D eigenvalue weighted by Gasteiger charge is 2.29. The van der Waals surface area contributed by atoms with E-state index in [1.54, 1.807) is 13.8 Å². The molecule has 1 saturated carbocycles. The highest BCUT2D eigenvalue weighted by Crippen LogP contribution is 2.26. The average Bonchev–Trinajstić information content (AvgIpc) is 2.57. The molecule has 0 saturated heterocycles. The van der Waals surface area contributed by atoms with E-state index in [1.165, 1.54) is 5.56 Å². The maximum Gasteiger partial charge on any atom is 0.227 e. The van der Waals surface area contributed by atoms with Crippen molar-refractivity contribution in [2.75, 3.05) is 5.32 Å². The van der Waals surface area contributed by atoms with Crippen LogP contribution in [0.3, 0.4) is 0 Å². The van der Waals surface area contributed by atoms with Gasteiger partial charge < -0.3 is 5.32 Å². The van der Waals surface area contributed by atoms with Crippen LogP contribution in [-0.2, 0) is 21.2 Å². The van der Waals surface area contributed by atoms with Crippen LogP contribution < -0.4 is 10.0 Å². The van der Waals surface area contributed by atoms with Crippen LogP contribution in [0.2, 0.25) is 0 Å². The van der Waals surface area contributed by atoms with Gasteiger partial charge in [0, 0.05) is 17.6 Å². The fourth-order valence-electron chi connectivity index (χ4n) is 3.13. The van der Waals surface area contributed by atoms with E-state index >= 15 is 0 Å². The minimum Gasteiger partial charge on any atom is -0.326 e. The van der Waals surface area contributed by atoms with E-state index in [1.807, 2.05) is 12.1 Å². The molecular weight excluding hydrogens is 336 g/mol. The van der Waals surface area contributed by atoms with Crippen molar-refractivity contribution in [1.29, 1.82) is 0 Å². The maximum absolute atomic E-state index is 12.4. The van der Waals surface area contributed by atoms with Crippen molar-refractivity contribution in [2.45, 2.75) is 70.6 Å². The summed E-state index contributed by atoms with van der Waals surface area (Å²) in [7, 11) is -3.24. The Morgan fingerprint density at radius 1 is 1.12 bits per heavy atom. The van der Waals surface area contributed by atoms with Crippen molar-refractivity contribution in [3.05, 3.63) is 29.8 Å². The van der Waals surface area contributed by atoms with Crippen molar-refractivity contribution in [3.63, 3.8) is 0 Å². The van der Waals surface area contributed by atoms with Crippen LogP contribution >= 0.6 is 0 Å². The summed E-state index contributed by atoms with van der Waals surface area (Å²) in [6.45, 7) is 5.49. The van der Waals surface area contributed by atoms with E-state index in [0.29, 0.717) is 25.7 Å². The molecule has 1 aliphatic rings. The molecule has 6 heteroatoms. The minimum atomic E-state index is -3.24. The maximum atomic E-state index is 12.4. The SMILES string of the molecule is CCCc1ccc(NC(=O)C2CCC(NS(=O)(=O)C(C)C)CC2)cc1. The number of amides is 1. The third-order valence-corrected chi connectivity index (χ3v) is 6.71. The lowest BCUT2D eigenvalue weighted by Crippen LogP contribution is -2.42. The van der Waals surface area contributed by atoms with Crippen molar-refractivity contribution in [3.8, 4) is 0 Å². The van der Waals surface area contributed by atoms with Gasteiger partial charge in [-0.3, -0.25) is 4.79 Å². The first kappa shape index (κ1) is 19.9. The van der Waals surface area contributed by atoms with Crippen LogP contribution in [0.1, 0.15) is 58.4 Å². The Kier molecular flexibility index (Phi) is 7.02. The zero-order valence-electron chi connectivity index (χ0n) is 15.4. The number of nitrogens with one attached hydrogen (secondary N) is 2. The predicted molar refractivity (Wildman–Crippen MR) is 102 cm³/mol. The van der Waals surface area contributed by atoms with Gasteiger partial charge in [-0.2, -0.15) is 0 Å². The van der Waals surface area contributed by atoms with Gasteiger partial charge in [0.25, 0.3) is 0 Å². The van der Waals surface area contributed by atoms with Gasteiger partial charge in [0.1, 0.15) is 0 Å². The molecule has 25 heavy (non-hydrogen) atoms. The molecule has 0 unspecified atom stereocenters. The summed E-state index contributed by atoms with van der Waals surface area (Å²) in [6, 6.07) is 7.95. The smallest absolute Gasteiger partial charge is 0.227 e. The molecule has 1 aromatic rings. The second-order valence-corrected chi connectivity index (χ2v) is 9.46. The number of aryl methyl sites for hydroxylation is 1. The number of hydrogen-bond acceptors (Lipinski definition) is 3. The lowest BCUT2D eigenvalue weighted by atomic mass is 9.86. The number of sulfonamides is 1. The number of anilines is 1. The van der Waals surface area contributed by atoms with E-state index in [-0.39, 0.29) is 17.9 Å². The van der Waals surface area contributed by atoms with Crippen LogP contribution in [0.25, 0.3) is 0 Å².